The van der Waals surface area contributed by atoms with E-state index in [9.17, 15) is 24.3 Å². The maximum atomic E-state index is 14.2. The van der Waals surface area contributed by atoms with Crippen molar-refractivity contribution in [2.45, 2.75) is 178 Å². The number of carbonyl (C=O) groups excluding carboxylic acids is 3. The van der Waals surface area contributed by atoms with Crippen LogP contribution in [0, 0.1) is 68.0 Å². The molecule has 0 saturated heterocycles. The molecule has 5 saturated carbocycles. The van der Waals surface area contributed by atoms with Crippen LogP contribution in [-0.4, -0.2) is 63.7 Å². The summed E-state index contributed by atoms with van der Waals surface area (Å²) in [5.41, 5.74) is 2.84. The number of nitrogens with one attached hydrogen (secondary N) is 3. The minimum Gasteiger partial charge on any atom is -0.481 e. The van der Waals surface area contributed by atoms with Crippen LogP contribution in [0.15, 0.2) is 17.2 Å². The van der Waals surface area contributed by atoms with E-state index >= 15 is 0 Å². The van der Waals surface area contributed by atoms with Crippen LogP contribution in [0.1, 0.15) is 183 Å². The number of Topliss-reactive ketones (excluding diaryl/α,β-unsaturated/α-hetero) is 1. The average Bonchev–Trinajstić information content (AvgIpc) is 3.75. The Morgan fingerprint density at radius 1 is 0.883 bits per heavy atom. The highest BCUT2D eigenvalue weighted by atomic mass is 16.5. The van der Waals surface area contributed by atoms with Crippen LogP contribution >= 0.6 is 0 Å². The number of nitrogens with zero attached hydrogens (tertiary/aromatic N) is 1. The largest absolute Gasteiger partial charge is 0.481 e. The van der Waals surface area contributed by atoms with Gasteiger partial charge in [-0.3, -0.25) is 24.3 Å². The monoisotopic (exact) mass is 831 g/mol. The fourth-order valence-corrected chi connectivity index (χ4v) is 15.1. The van der Waals surface area contributed by atoms with E-state index in [2.05, 4.69) is 83.1 Å². The number of carboxylic acid groups (broad SMARTS) is 1. The van der Waals surface area contributed by atoms with Crippen LogP contribution in [0.5, 0.6) is 0 Å². The number of ether oxygens (including phenoxy) is 1. The maximum Gasteiger partial charge on any atom is 0.309 e. The van der Waals surface area contributed by atoms with Crippen LogP contribution in [-0.2, 0) is 19.1 Å². The third kappa shape index (κ3) is 6.94. The number of esters is 1. The van der Waals surface area contributed by atoms with Gasteiger partial charge in [-0.2, -0.15) is 5.10 Å². The number of fused-ring (bicyclic) bond motifs is 7. The summed E-state index contributed by atoms with van der Waals surface area (Å²) < 4.78 is 6.44. The van der Waals surface area contributed by atoms with Crippen molar-refractivity contribution in [2.24, 2.45) is 68.0 Å². The minimum absolute atomic E-state index is 0.0683. The SMILES string of the molecule is CC(C)C1=C2[C@H]3CC[C@@H]4[C@@]5(C)CC[C@H](OC(=O)[C@H]6C[C@@H](C(=O)O)C6(C)C)C(C)(C)[C@@H]5CC[C@@]4(C)[C@]3(C)CC[C@@]2(CCNCC(C)(C)NC(=O)c2cc(C(C)C)[nH]n2)CC1=O. The molecule has 1 heterocycles. The topological polar surface area (TPSA) is 150 Å². The predicted molar refractivity (Wildman–Crippen MR) is 234 cm³/mol. The second-order valence-electron chi connectivity index (χ2n) is 23.9. The number of rotatable bonds is 12. The highest BCUT2D eigenvalue weighted by molar-refractivity contribution is 6.00. The molecule has 0 bridgehead atoms. The number of aromatic amines is 1. The zero-order valence-corrected chi connectivity index (χ0v) is 39.3. The summed E-state index contributed by atoms with van der Waals surface area (Å²) >= 11 is 0. The van der Waals surface area contributed by atoms with Gasteiger partial charge >= 0.3 is 11.9 Å². The predicted octanol–water partition coefficient (Wildman–Crippen LogP) is 9.66. The number of ketones is 1. The maximum absolute atomic E-state index is 14.2. The number of carbonyl (C=O) groups is 4. The van der Waals surface area contributed by atoms with Gasteiger partial charge in [0.15, 0.2) is 5.78 Å². The van der Waals surface area contributed by atoms with E-state index in [0.717, 1.165) is 75.6 Å². The second kappa shape index (κ2) is 15.1. The lowest BCUT2D eigenvalue weighted by Gasteiger charge is -2.72. The molecule has 60 heavy (non-hydrogen) atoms. The highest BCUT2D eigenvalue weighted by Gasteiger charge is 2.70. The number of allylic oxidation sites excluding steroid dienone is 2. The second-order valence-corrected chi connectivity index (χ2v) is 23.9. The summed E-state index contributed by atoms with van der Waals surface area (Å²) in [5, 5.41) is 23.8. The molecule has 10 heteroatoms. The van der Waals surface area contributed by atoms with Gasteiger partial charge < -0.3 is 20.5 Å². The molecule has 0 spiro atoms. The Labute approximate surface area is 360 Å². The Morgan fingerprint density at radius 3 is 2.20 bits per heavy atom. The van der Waals surface area contributed by atoms with Crippen molar-refractivity contribution in [3.05, 3.63) is 28.6 Å². The molecular formula is C50H78N4O6. The molecule has 0 radical (unpaired) electrons. The first kappa shape index (κ1) is 45.0. The smallest absolute Gasteiger partial charge is 0.309 e. The molecule has 10 nitrogen and oxygen atoms in total. The van der Waals surface area contributed by atoms with Crippen molar-refractivity contribution in [1.29, 1.82) is 0 Å². The highest BCUT2D eigenvalue weighted by Crippen LogP contribution is 2.77. The number of aromatic nitrogens is 2. The van der Waals surface area contributed by atoms with Gasteiger partial charge in [0.2, 0.25) is 0 Å². The molecule has 1 aromatic heterocycles. The van der Waals surface area contributed by atoms with E-state index in [4.69, 9.17) is 4.74 Å². The van der Waals surface area contributed by atoms with Crippen LogP contribution in [0.2, 0.25) is 0 Å². The lowest BCUT2D eigenvalue weighted by Crippen LogP contribution is -2.66. The molecule has 1 aromatic rings. The lowest BCUT2D eigenvalue weighted by atomic mass is 9.33. The standard InChI is InChI=1S/C50H78N4O6/c1-28(2)33-25-34(54-53-33)41(56)52-44(5,6)27-51-23-22-50-21-20-48(12)30(40(50)39(29(3)4)35(55)26-50)14-15-37-47(11)18-17-38(46(9,10)36(47)16-19-49(37,48)13)60-43(59)32-24-31(42(57)58)45(32,7)8/h25,28-32,36-38,51H,14-24,26-27H2,1-13H3,(H,52,56)(H,53,54)(H,57,58)/t30-,31+,32-,36+,37-,38+,47+,48-,49-,50-/m1/s1. The van der Waals surface area contributed by atoms with Crippen LogP contribution < -0.4 is 10.6 Å². The van der Waals surface area contributed by atoms with Crippen molar-refractivity contribution >= 4 is 23.6 Å². The summed E-state index contributed by atoms with van der Waals surface area (Å²) in [6.07, 6.45) is 10.2. The van der Waals surface area contributed by atoms with E-state index in [1.165, 1.54) is 5.57 Å². The first-order valence-electron chi connectivity index (χ1n) is 23.6. The van der Waals surface area contributed by atoms with Gasteiger partial charge in [0, 0.05) is 35.0 Å². The molecular weight excluding hydrogens is 753 g/mol. The van der Waals surface area contributed by atoms with Crippen molar-refractivity contribution < 1.29 is 29.0 Å². The Morgan fingerprint density at radius 2 is 1.58 bits per heavy atom. The van der Waals surface area contributed by atoms with Crippen LogP contribution in [0.3, 0.4) is 0 Å². The summed E-state index contributed by atoms with van der Waals surface area (Å²) in [6.45, 7) is 30.3. The first-order chi connectivity index (χ1) is 27.8. The number of H-pyrrole nitrogens is 1. The van der Waals surface area contributed by atoms with Gasteiger partial charge in [0.25, 0.3) is 5.91 Å². The molecule has 0 aliphatic heterocycles. The quantitative estimate of drug-likeness (QED) is 0.120. The molecule has 5 fully saturated rings. The van der Waals surface area contributed by atoms with Gasteiger partial charge in [0.1, 0.15) is 11.8 Å². The first-order valence-corrected chi connectivity index (χ1v) is 23.6. The molecule has 334 valence electrons. The van der Waals surface area contributed by atoms with Gasteiger partial charge in [-0.05, 0) is 147 Å². The zero-order chi connectivity index (χ0) is 44.2. The van der Waals surface area contributed by atoms with Crippen molar-refractivity contribution in [2.75, 3.05) is 13.1 Å². The van der Waals surface area contributed by atoms with E-state index in [0.29, 0.717) is 48.6 Å². The molecule has 0 unspecified atom stereocenters. The third-order valence-corrected chi connectivity index (χ3v) is 18.9. The molecule has 4 N–H and O–H groups in total. The van der Waals surface area contributed by atoms with Gasteiger partial charge in [-0.25, -0.2) is 0 Å². The van der Waals surface area contributed by atoms with Crippen molar-refractivity contribution in [1.82, 2.24) is 20.8 Å². The summed E-state index contributed by atoms with van der Waals surface area (Å²) in [5.74, 6) is 0.0372. The van der Waals surface area contributed by atoms with E-state index < -0.39 is 22.8 Å². The number of amides is 1. The zero-order valence-electron chi connectivity index (χ0n) is 39.3. The van der Waals surface area contributed by atoms with Gasteiger partial charge in [-0.15, -0.1) is 0 Å². The van der Waals surface area contributed by atoms with Gasteiger partial charge in [-0.1, -0.05) is 81.7 Å². The van der Waals surface area contributed by atoms with Crippen LogP contribution in [0.25, 0.3) is 0 Å². The number of aliphatic carboxylic acids is 1. The Kier molecular flexibility index (Phi) is 11.3. The number of hydrogen-bond acceptors (Lipinski definition) is 7. The van der Waals surface area contributed by atoms with Gasteiger partial charge in [0.05, 0.1) is 11.8 Å². The lowest BCUT2D eigenvalue weighted by molar-refractivity contribution is -0.236. The number of hydrogen-bond donors (Lipinski definition) is 4. The minimum atomic E-state index is -0.825. The number of carboxylic acids is 1. The molecule has 0 aromatic carbocycles. The van der Waals surface area contributed by atoms with Crippen molar-refractivity contribution in [3.63, 3.8) is 0 Å². The fraction of sp³-hybridized carbons (Fsp3) is 0.820. The average molecular weight is 831 g/mol. The van der Waals surface area contributed by atoms with E-state index in [-0.39, 0.29) is 62.8 Å². The molecule has 6 aliphatic rings. The van der Waals surface area contributed by atoms with Crippen molar-refractivity contribution in [3.8, 4) is 0 Å². The summed E-state index contributed by atoms with van der Waals surface area (Å²) in [6, 6.07) is 1.83. The van der Waals surface area contributed by atoms with E-state index in [1.807, 2.05) is 33.8 Å². The van der Waals surface area contributed by atoms with Crippen LogP contribution in [0.4, 0.5) is 0 Å². The van der Waals surface area contributed by atoms with E-state index in [1.54, 1.807) is 0 Å². The Balaban J connectivity index is 1.06. The normalized spacial score (nSPS) is 38.1. The third-order valence-electron chi connectivity index (χ3n) is 18.9. The Bertz CT molecular complexity index is 1920. The molecule has 7 rings (SSSR count). The summed E-state index contributed by atoms with van der Waals surface area (Å²) in [7, 11) is 0. The Hall–Kier alpha value is -3.01. The summed E-state index contributed by atoms with van der Waals surface area (Å²) in [4.78, 5) is 52.8. The molecule has 6 aliphatic carbocycles. The molecule has 10 atom stereocenters. The molecule has 1 amide bonds. The fourth-order valence-electron chi connectivity index (χ4n) is 15.1.